The Kier molecular flexibility index (Phi) is 3.63. The summed E-state index contributed by atoms with van der Waals surface area (Å²) in [6.07, 6.45) is 0.868. The Bertz CT molecular complexity index is 496. The molecular weight excluding hydrogens is 356 g/mol. The Balaban J connectivity index is 2.39. The van der Waals surface area contributed by atoms with Gasteiger partial charge in [0.05, 0.1) is 3.79 Å². The summed E-state index contributed by atoms with van der Waals surface area (Å²) in [5, 5.41) is 10.2. The van der Waals surface area contributed by atoms with Gasteiger partial charge in [-0.3, -0.25) is 0 Å². The van der Waals surface area contributed by atoms with Gasteiger partial charge in [0.1, 0.15) is 11.9 Å². The van der Waals surface area contributed by atoms with Crippen LogP contribution in [-0.4, -0.2) is 10.1 Å². The van der Waals surface area contributed by atoms with E-state index in [4.69, 9.17) is 5.73 Å². The molecule has 3 N–H and O–H groups in total. The van der Waals surface area contributed by atoms with Gasteiger partial charge in [-0.25, -0.2) is 4.98 Å². The number of nitrogens with zero attached hydrogens (tertiary/aromatic N) is 1. The molecule has 0 aromatic carbocycles. The maximum Gasteiger partial charge on any atom is 0.129 e. The zero-order valence-corrected chi connectivity index (χ0v) is 12.0. The number of nitrogens with two attached hydrogens (primary N) is 1. The van der Waals surface area contributed by atoms with Gasteiger partial charge in [-0.2, -0.15) is 0 Å². The number of nitrogen functional groups attached to an aromatic ring is 1. The van der Waals surface area contributed by atoms with Crippen LogP contribution in [0.5, 0.6) is 0 Å². The number of rotatable bonds is 2. The molecule has 1 unspecified atom stereocenters. The van der Waals surface area contributed by atoms with Gasteiger partial charge in [0, 0.05) is 21.1 Å². The molecule has 2 aromatic heterocycles. The van der Waals surface area contributed by atoms with E-state index in [0.717, 1.165) is 13.1 Å². The number of hydrogen-bond donors (Lipinski definition) is 2. The number of aliphatic hydroxyl groups is 1. The van der Waals surface area contributed by atoms with E-state index in [1.54, 1.807) is 18.3 Å². The van der Waals surface area contributed by atoms with Crippen molar-refractivity contribution >= 4 is 49.0 Å². The molecule has 0 saturated heterocycles. The highest BCUT2D eigenvalue weighted by atomic mass is 79.9. The summed E-state index contributed by atoms with van der Waals surface area (Å²) >= 11 is 8.23. The van der Waals surface area contributed by atoms with Crippen LogP contribution in [-0.2, 0) is 0 Å². The highest BCUT2D eigenvalue weighted by Crippen LogP contribution is 2.38. The number of aliphatic hydroxyl groups excluding tert-OH is 1. The summed E-state index contributed by atoms with van der Waals surface area (Å²) in [5.41, 5.74) is 6.34. The maximum atomic E-state index is 10.2. The molecular formula is C10H8Br2N2OS. The van der Waals surface area contributed by atoms with Crippen molar-refractivity contribution in [2.45, 2.75) is 6.10 Å². The number of anilines is 1. The highest BCUT2D eigenvalue weighted by molar-refractivity contribution is 9.13. The van der Waals surface area contributed by atoms with Gasteiger partial charge < -0.3 is 10.8 Å². The van der Waals surface area contributed by atoms with Crippen LogP contribution in [0.4, 0.5) is 5.82 Å². The fourth-order valence-electron chi connectivity index (χ4n) is 1.31. The molecule has 2 rings (SSSR count). The lowest BCUT2D eigenvalue weighted by atomic mass is 10.1. The summed E-state index contributed by atoms with van der Waals surface area (Å²) in [6.45, 7) is 0. The predicted octanol–water partition coefficient (Wildman–Crippen LogP) is 3.33. The zero-order valence-electron chi connectivity index (χ0n) is 8.02. The average Bonchev–Trinajstić information content (AvgIpc) is 2.59. The van der Waals surface area contributed by atoms with Gasteiger partial charge in [0.15, 0.2) is 0 Å². The third kappa shape index (κ3) is 2.29. The summed E-state index contributed by atoms with van der Waals surface area (Å²) in [7, 11) is 0. The fourth-order valence-corrected chi connectivity index (χ4v) is 3.41. The first-order valence-corrected chi connectivity index (χ1v) is 6.83. The normalized spacial score (nSPS) is 12.7. The van der Waals surface area contributed by atoms with Crippen molar-refractivity contribution in [3.05, 3.63) is 43.1 Å². The molecule has 0 bridgehead atoms. The van der Waals surface area contributed by atoms with Crippen LogP contribution in [0, 0.1) is 0 Å². The minimum absolute atomic E-state index is 0.357. The Labute approximate surface area is 114 Å². The van der Waals surface area contributed by atoms with Crippen LogP contribution >= 0.6 is 43.2 Å². The molecule has 2 aromatic rings. The molecule has 0 radical (unpaired) electrons. The van der Waals surface area contributed by atoms with Crippen LogP contribution < -0.4 is 5.73 Å². The van der Waals surface area contributed by atoms with Crippen LogP contribution in [0.25, 0.3) is 0 Å². The number of pyridine rings is 1. The van der Waals surface area contributed by atoms with Gasteiger partial charge in [-0.15, -0.1) is 11.3 Å². The van der Waals surface area contributed by atoms with Gasteiger partial charge in [-0.05, 0) is 44.0 Å². The van der Waals surface area contributed by atoms with E-state index in [-0.39, 0.29) is 0 Å². The molecule has 2 heterocycles. The molecule has 0 saturated carbocycles. The van der Waals surface area contributed by atoms with Crippen molar-refractivity contribution in [1.82, 2.24) is 4.98 Å². The summed E-state index contributed by atoms with van der Waals surface area (Å²) in [5.74, 6) is 0.357. The third-order valence-electron chi connectivity index (χ3n) is 2.10. The monoisotopic (exact) mass is 362 g/mol. The lowest BCUT2D eigenvalue weighted by Crippen LogP contribution is -2.03. The third-order valence-corrected chi connectivity index (χ3v) is 5.41. The number of thiophene rings is 1. The first-order chi connectivity index (χ1) is 7.59. The van der Waals surface area contributed by atoms with Crippen molar-refractivity contribution in [2.75, 3.05) is 5.73 Å². The Morgan fingerprint density at radius 1 is 1.44 bits per heavy atom. The second-order valence-corrected chi connectivity index (χ2v) is 6.41. The standard InChI is InChI=1S/C10H8Br2N2OS/c11-6-4-7(16-9(6)12)8(15)5-2-1-3-14-10(5)13/h1-4,8,15H,(H2,13,14). The number of halogens is 2. The second kappa shape index (κ2) is 4.83. The van der Waals surface area contributed by atoms with E-state index < -0.39 is 6.10 Å². The molecule has 0 aliphatic heterocycles. The predicted molar refractivity (Wildman–Crippen MR) is 72.4 cm³/mol. The van der Waals surface area contributed by atoms with Crippen molar-refractivity contribution in [2.24, 2.45) is 0 Å². The lowest BCUT2D eigenvalue weighted by Gasteiger charge is -2.10. The smallest absolute Gasteiger partial charge is 0.129 e. The van der Waals surface area contributed by atoms with Crippen LogP contribution in [0.2, 0.25) is 0 Å². The van der Waals surface area contributed by atoms with Crippen molar-refractivity contribution in [3.63, 3.8) is 0 Å². The lowest BCUT2D eigenvalue weighted by molar-refractivity contribution is 0.224. The zero-order chi connectivity index (χ0) is 11.7. The van der Waals surface area contributed by atoms with Gasteiger partial charge in [0.25, 0.3) is 0 Å². The maximum absolute atomic E-state index is 10.2. The largest absolute Gasteiger partial charge is 0.383 e. The highest BCUT2D eigenvalue weighted by Gasteiger charge is 2.17. The van der Waals surface area contributed by atoms with Crippen LogP contribution in [0.15, 0.2) is 32.7 Å². The van der Waals surface area contributed by atoms with E-state index in [1.807, 2.05) is 6.07 Å². The number of aromatic nitrogens is 1. The van der Waals surface area contributed by atoms with E-state index in [0.29, 0.717) is 11.4 Å². The quantitative estimate of drug-likeness (QED) is 0.860. The molecule has 1 atom stereocenters. The van der Waals surface area contributed by atoms with Crippen molar-refractivity contribution < 1.29 is 5.11 Å². The van der Waals surface area contributed by atoms with Crippen LogP contribution in [0.3, 0.4) is 0 Å². The molecule has 0 aliphatic rings. The molecule has 3 nitrogen and oxygen atoms in total. The molecule has 16 heavy (non-hydrogen) atoms. The fraction of sp³-hybridized carbons (Fsp3) is 0.100. The summed E-state index contributed by atoms with van der Waals surface area (Å²) < 4.78 is 1.87. The molecule has 0 aliphatic carbocycles. The van der Waals surface area contributed by atoms with E-state index >= 15 is 0 Å². The van der Waals surface area contributed by atoms with Gasteiger partial charge >= 0.3 is 0 Å². The minimum atomic E-state index is -0.735. The van der Waals surface area contributed by atoms with Crippen molar-refractivity contribution in [3.8, 4) is 0 Å². The Morgan fingerprint density at radius 2 is 2.19 bits per heavy atom. The molecule has 0 spiro atoms. The number of hydrogen-bond acceptors (Lipinski definition) is 4. The van der Waals surface area contributed by atoms with E-state index in [1.165, 1.54) is 11.3 Å². The van der Waals surface area contributed by atoms with Crippen LogP contribution in [0.1, 0.15) is 16.5 Å². The summed E-state index contributed by atoms with van der Waals surface area (Å²) in [6, 6.07) is 5.40. The Morgan fingerprint density at radius 3 is 2.75 bits per heavy atom. The second-order valence-electron chi connectivity index (χ2n) is 3.15. The van der Waals surface area contributed by atoms with Gasteiger partial charge in [0.2, 0.25) is 0 Å². The first-order valence-electron chi connectivity index (χ1n) is 4.42. The average molecular weight is 364 g/mol. The summed E-state index contributed by atoms with van der Waals surface area (Å²) in [4.78, 5) is 4.77. The molecule has 84 valence electrons. The topological polar surface area (TPSA) is 59.1 Å². The minimum Gasteiger partial charge on any atom is -0.383 e. The Hall–Kier alpha value is -0.430. The SMILES string of the molecule is Nc1ncccc1C(O)c1cc(Br)c(Br)s1. The van der Waals surface area contributed by atoms with E-state index in [2.05, 4.69) is 36.8 Å². The molecule has 0 amide bonds. The molecule has 0 fully saturated rings. The first kappa shape index (κ1) is 12.0. The van der Waals surface area contributed by atoms with E-state index in [9.17, 15) is 5.11 Å². The molecule has 6 heteroatoms. The van der Waals surface area contributed by atoms with Gasteiger partial charge in [-0.1, -0.05) is 6.07 Å². The van der Waals surface area contributed by atoms with Crippen molar-refractivity contribution in [1.29, 1.82) is 0 Å².